The van der Waals surface area contributed by atoms with Crippen LogP contribution < -0.4 is 0 Å². The molecule has 4 nitrogen and oxygen atoms in total. The predicted molar refractivity (Wildman–Crippen MR) is 123 cm³/mol. The molecule has 0 spiro atoms. The smallest absolute Gasteiger partial charge is 0.182 e. The van der Waals surface area contributed by atoms with Crippen molar-refractivity contribution in [2.24, 2.45) is 22.7 Å². The first-order valence-corrected chi connectivity index (χ1v) is 12.7. The van der Waals surface area contributed by atoms with Crippen LogP contribution in [0, 0.1) is 22.7 Å². The van der Waals surface area contributed by atoms with Crippen LogP contribution in [0.5, 0.6) is 0 Å². The van der Waals surface area contributed by atoms with Crippen LogP contribution in [0.4, 0.5) is 0 Å². The summed E-state index contributed by atoms with van der Waals surface area (Å²) in [6.07, 6.45) is 7.22. The van der Waals surface area contributed by atoms with E-state index in [1.165, 1.54) is 0 Å². The van der Waals surface area contributed by atoms with Gasteiger partial charge in [0.2, 0.25) is 0 Å². The lowest BCUT2D eigenvalue weighted by Crippen LogP contribution is -2.56. The Bertz CT molecular complexity index is 1290. The Balaban J connectivity index is 1.54. The van der Waals surface area contributed by atoms with Gasteiger partial charge in [0.25, 0.3) is 0 Å². The zero-order chi connectivity index (χ0) is 22.7. The Kier molecular flexibility index (Phi) is 4.68. The molecule has 5 rings (SSSR count). The van der Waals surface area contributed by atoms with Crippen LogP contribution in [0.3, 0.4) is 0 Å². The predicted octanol–water partition coefficient (Wildman–Crippen LogP) is 5.07. The van der Waals surface area contributed by atoms with Crippen LogP contribution in [0.25, 0.3) is 0 Å². The van der Waals surface area contributed by atoms with Crippen LogP contribution in [-0.2, 0) is 9.84 Å². The number of hydrogen-bond acceptors (Lipinski definition) is 4. The van der Waals surface area contributed by atoms with Crippen molar-refractivity contribution in [1.82, 2.24) is 0 Å². The van der Waals surface area contributed by atoms with Crippen molar-refractivity contribution in [3.05, 3.63) is 89.5 Å². The molecule has 0 N–H and O–H groups in total. The zero-order valence-corrected chi connectivity index (χ0v) is 19.1. The molecule has 1 fully saturated rings. The average molecular weight is 447 g/mol. The second-order valence-electron chi connectivity index (χ2n) is 9.54. The van der Waals surface area contributed by atoms with Gasteiger partial charge in [-0.25, -0.2) is 8.42 Å². The first-order chi connectivity index (χ1) is 15.2. The van der Waals surface area contributed by atoms with Gasteiger partial charge in [0.15, 0.2) is 21.4 Å². The molecule has 164 valence electrons. The second-order valence-corrected chi connectivity index (χ2v) is 11.5. The number of carbonyl (C=O) groups excluding carboxylic acids is 2. The van der Waals surface area contributed by atoms with Gasteiger partial charge in [-0.15, -0.1) is 0 Å². The van der Waals surface area contributed by atoms with Gasteiger partial charge in [0.1, 0.15) is 0 Å². The summed E-state index contributed by atoms with van der Waals surface area (Å²) in [6.45, 7) is 3.74. The van der Waals surface area contributed by atoms with Crippen LogP contribution in [-0.4, -0.2) is 25.7 Å². The molecule has 3 aliphatic carbocycles. The monoisotopic (exact) mass is 446 g/mol. The molecule has 0 aliphatic heterocycles. The van der Waals surface area contributed by atoms with Gasteiger partial charge in [-0.05, 0) is 43.7 Å². The first kappa shape index (κ1) is 21.1. The van der Waals surface area contributed by atoms with Gasteiger partial charge in [0.05, 0.1) is 21.5 Å². The summed E-state index contributed by atoms with van der Waals surface area (Å²) in [5, 5.41) is 0. The Morgan fingerprint density at radius 3 is 2.22 bits per heavy atom. The standard InChI is InChI=1S/C27H26O4S/c1-18(17-32(30,31)21-8-4-3-5-9-21)14-15-27-20-13-12-19(16-20)26(27,2)24(28)22-10-6-7-11-23(22)25(27)29/h3-14,19-20H,15-17H2,1-2H3/b18-14+. The summed E-state index contributed by atoms with van der Waals surface area (Å²) in [6, 6.07) is 15.5. The third-order valence-corrected chi connectivity index (χ3v) is 9.80. The summed E-state index contributed by atoms with van der Waals surface area (Å²) in [5.74, 6) is -0.0439. The lowest BCUT2D eigenvalue weighted by molar-refractivity contribution is 0.0242. The minimum Gasteiger partial charge on any atom is -0.293 e. The van der Waals surface area contributed by atoms with Gasteiger partial charge in [-0.3, -0.25) is 9.59 Å². The Labute approximate surface area is 189 Å². The van der Waals surface area contributed by atoms with Gasteiger partial charge in [0, 0.05) is 11.1 Å². The fourth-order valence-electron chi connectivity index (χ4n) is 6.24. The quantitative estimate of drug-likeness (QED) is 0.601. The molecule has 3 aliphatic rings. The van der Waals surface area contributed by atoms with Gasteiger partial charge in [-0.2, -0.15) is 0 Å². The highest BCUT2D eigenvalue weighted by molar-refractivity contribution is 7.91. The largest absolute Gasteiger partial charge is 0.293 e. The van der Waals surface area contributed by atoms with Crippen molar-refractivity contribution in [1.29, 1.82) is 0 Å². The lowest BCUT2D eigenvalue weighted by Gasteiger charge is -2.50. The first-order valence-electron chi connectivity index (χ1n) is 11.0. The number of fused-ring (bicyclic) bond motifs is 6. The van der Waals surface area contributed by atoms with Crippen molar-refractivity contribution in [2.45, 2.75) is 31.6 Å². The van der Waals surface area contributed by atoms with E-state index in [1.54, 1.807) is 55.5 Å². The summed E-state index contributed by atoms with van der Waals surface area (Å²) in [4.78, 5) is 28.0. The molecule has 5 heteroatoms. The molecule has 0 amide bonds. The van der Waals surface area contributed by atoms with Crippen molar-refractivity contribution in [3.63, 3.8) is 0 Å². The number of sulfone groups is 1. The molecular formula is C27H26O4S. The van der Waals surface area contributed by atoms with E-state index in [0.717, 1.165) is 6.42 Å². The summed E-state index contributed by atoms with van der Waals surface area (Å²) in [5.41, 5.74) is 0.0296. The molecule has 32 heavy (non-hydrogen) atoms. The van der Waals surface area contributed by atoms with E-state index < -0.39 is 20.7 Å². The summed E-state index contributed by atoms with van der Waals surface area (Å²) >= 11 is 0. The van der Waals surface area contributed by atoms with E-state index in [1.807, 2.05) is 19.1 Å². The van der Waals surface area contributed by atoms with E-state index in [9.17, 15) is 18.0 Å². The Hall–Kier alpha value is -2.79. The molecule has 0 heterocycles. The molecule has 0 aromatic heterocycles. The van der Waals surface area contributed by atoms with E-state index >= 15 is 0 Å². The molecular weight excluding hydrogens is 420 g/mol. The van der Waals surface area contributed by atoms with Crippen LogP contribution in [0.1, 0.15) is 47.4 Å². The van der Waals surface area contributed by atoms with Gasteiger partial charge >= 0.3 is 0 Å². The molecule has 1 saturated carbocycles. The highest BCUT2D eigenvalue weighted by Crippen LogP contribution is 2.69. The highest BCUT2D eigenvalue weighted by atomic mass is 32.2. The van der Waals surface area contributed by atoms with E-state index in [2.05, 4.69) is 12.2 Å². The number of benzene rings is 2. The minimum atomic E-state index is -3.47. The third kappa shape index (κ3) is 2.70. The fourth-order valence-corrected chi connectivity index (χ4v) is 7.70. The third-order valence-electron chi connectivity index (χ3n) is 7.97. The van der Waals surface area contributed by atoms with Crippen molar-refractivity contribution in [2.75, 3.05) is 5.75 Å². The average Bonchev–Trinajstić information content (AvgIpc) is 3.37. The maximum absolute atomic E-state index is 13.9. The van der Waals surface area contributed by atoms with Gasteiger partial charge < -0.3 is 0 Å². The number of Topliss-reactive ketones (excluding diaryl/α,β-unsaturated/α-hetero) is 2. The SMILES string of the molecule is C/C(=C\CC12C(=O)c3ccccc3C(=O)C1(C)C1C=CC2C1)CS(=O)(=O)c1ccccc1. The van der Waals surface area contributed by atoms with Crippen molar-refractivity contribution >= 4 is 21.4 Å². The lowest BCUT2D eigenvalue weighted by atomic mass is 9.49. The molecule has 4 unspecified atom stereocenters. The van der Waals surface area contributed by atoms with Crippen LogP contribution in [0.15, 0.2) is 83.3 Å². The molecule has 0 radical (unpaired) electrons. The van der Waals surface area contributed by atoms with Crippen molar-refractivity contribution < 1.29 is 18.0 Å². The topological polar surface area (TPSA) is 68.3 Å². The maximum atomic E-state index is 13.9. The van der Waals surface area contributed by atoms with Crippen molar-refractivity contribution in [3.8, 4) is 0 Å². The zero-order valence-electron chi connectivity index (χ0n) is 18.2. The fraction of sp³-hybridized carbons (Fsp3) is 0.333. The van der Waals surface area contributed by atoms with Crippen LogP contribution in [0.2, 0.25) is 0 Å². The molecule has 2 aromatic carbocycles. The summed E-state index contributed by atoms with van der Waals surface area (Å²) < 4.78 is 25.6. The van der Waals surface area contributed by atoms with E-state index in [4.69, 9.17) is 0 Å². The Morgan fingerprint density at radius 1 is 0.938 bits per heavy atom. The summed E-state index contributed by atoms with van der Waals surface area (Å²) in [7, 11) is -3.47. The number of hydrogen-bond donors (Lipinski definition) is 0. The Morgan fingerprint density at radius 2 is 1.53 bits per heavy atom. The van der Waals surface area contributed by atoms with Crippen LogP contribution >= 0.6 is 0 Å². The number of allylic oxidation sites excluding steroid dienone is 3. The van der Waals surface area contributed by atoms with E-state index in [-0.39, 0.29) is 34.1 Å². The molecule has 4 atom stereocenters. The number of carbonyl (C=O) groups is 2. The molecule has 2 aromatic rings. The van der Waals surface area contributed by atoms with Gasteiger partial charge in [-0.1, -0.05) is 73.2 Å². The second kappa shape index (κ2) is 7.11. The van der Waals surface area contributed by atoms with E-state index in [0.29, 0.717) is 23.1 Å². The number of ketones is 2. The normalized spacial score (nSPS) is 31.0. The minimum absolute atomic E-state index is 0.0158. The highest BCUT2D eigenvalue weighted by Gasteiger charge is 2.71. The molecule has 2 bridgehead atoms. The molecule has 0 saturated heterocycles. The number of rotatable bonds is 5. The maximum Gasteiger partial charge on any atom is 0.182 e.